The lowest BCUT2D eigenvalue weighted by molar-refractivity contribution is -0.140. The molecule has 8 nitrogen and oxygen atoms in total. The monoisotopic (exact) mass is 469 g/mol. The summed E-state index contributed by atoms with van der Waals surface area (Å²) in [7, 11) is 0. The van der Waals surface area contributed by atoms with Gasteiger partial charge in [0.15, 0.2) is 5.69 Å². The lowest BCUT2D eigenvalue weighted by Gasteiger charge is -2.13. The number of rotatable bonds is 7. The number of ether oxygens (including phenoxy) is 1. The third-order valence-electron chi connectivity index (χ3n) is 6.35. The average Bonchev–Trinajstić information content (AvgIpc) is 3.58. The fourth-order valence-electron chi connectivity index (χ4n) is 4.09. The second kappa shape index (κ2) is 9.06. The van der Waals surface area contributed by atoms with E-state index in [0.29, 0.717) is 24.1 Å². The minimum Gasteiger partial charge on any atom is -0.481 e. The molecule has 4 aromatic rings. The molecule has 0 saturated heterocycles. The summed E-state index contributed by atoms with van der Waals surface area (Å²) in [5.41, 5.74) is 4.02. The second-order valence-electron chi connectivity index (χ2n) is 8.59. The Morgan fingerprint density at radius 2 is 1.51 bits per heavy atom. The maximum absolute atomic E-state index is 12.4. The molecule has 3 aromatic carbocycles. The second-order valence-corrected chi connectivity index (χ2v) is 8.59. The zero-order valence-corrected chi connectivity index (χ0v) is 19.0. The fraction of sp³-hybridized carbons (Fsp3) is 0.185. The summed E-state index contributed by atoms with van der Waals surface area (Å²) in [6.45, 7) is 1.79. The Bertz CT molecular complexity index is 1340. The molecule has 0 aliphatic heterocycles. The molecule has 5 rings (SSSR count). The third kappa shape index (κ3) is 4.50. The highest BCUT2D eigenvalue weighted by Crippen LogP contribution is 2.48. The van der Waals surface area contributed by atoms with Gasteiger partial charge < -0.3 is 9.84 Å². The highest BCUT2D eigenvalue weighted by molar-refractivity contribution is 5.88. The van der Waals surface area contributed by atoms with Gasteiger partial charge in [0.1, 0.15) is 6.10 Å². The standard InChI is InChI=1S/C27H23N3O5/c1-17(18-5-3-2-4-6-18)34-26(33)28-24-23(29-35-30-24)21-9-7-19(8-10-21)20-11-13-22(14-12-20)27(15-16-27)25(31)32/h2-14,17H,15-16H2,1H3,(H,31,32)(H,28,30,33). The number of nitrogens with zero attached hydrogens (tertiary/aromatic N) is 2. The quantitative estimate of drug-likeness (QED) is 0.350. The zero-order chi connectivity index (χ0) is 24.4. The molecule has 1 heterocycles. The van der Waals surface area contributed by atoms with Crippen molar-refractivity contribution in [3.8, 4) is 22.4 Å². The largest absolute Gasteiger partial charge is 0.481 e. The lowest BCUT2D eigenvalue weighted by atomic mass is 9.93. The van der Waals surface area contributed by atoms with Gasteiger partial charge in [0, 0.05) is 5.56 Å². The highest BCUT2D eigenvalue weighted by Gasteiger charge is 2.51. The van der Waals surface area contributed by atoms with E-state index in [2.05, 4.69) is 15.6 Å². The normalized spacial score (nSPS) is 14.7. The van der Waals surface area contributed by atoms with Gasteiger partial charge in [-0.25, -0.2) is 9.42 Å². The summed E-state index contributed by atoms with van der Waals surface area (Å²) in [6.07, 6.45) is 0.259. The first-order valence-electron chi connectivity index (χ1n) is 11.3. The van der Waals surface area contributed by atoms with Crippen LogP contribution in [0.25, 0.3) is 22.4 Å². The predicted octanol–water partition coefficient (Wildman–Crippen LogP) is 5.83. The van der Waals surface area contributed by atoms with Crippen LogP contribution in [0.5, 0.6) is 0 Å². The van der Waals surface area contributed by atoms with E-state index in [-0.39, 0.29) is 5.82 Å². The summed E-state index contributed by atoms with van der Waals surface area (Å²) in [5, 5.41) is 19.8. The molecule has 0 spiro atoms. The van der Waals surface area contributed by atoms with Gasteiger partial charge in [0.25, 0.3) is 0 Å². The number of aromatic nitrogens is 2. The van der Waals surface area contributed by atoms with Gasteiger partial charge >= 0.3 is 12.1 Å². The van der Waals surface area contributed by atoms with Gasteiger partial charge in [-0.15, -0.1) is 0 Å². The smallest absolute Gasteiger partial charge is 0.413 e. The molecular weight excluding hydrogens is 446 g/mol. The van der Waals surface area contributed by atoms with E-state index >= 15 is 0 Å². The van der Waals surface area contributed by atoms with Crippen molar-refractivity contribution in [1.29, 1.82) is 0 Å². The van der Waals surface area contributed by atoms with Gasteiger partial charge in [-0.05, 0) is 52.3 Å². The van der Waals surface area contributed by atoms with Crippen molar-refractivity contribution < 1.29 is 24.1 Å². The van der Waals surface area contributed by atoms with Crippen molar-refractivity contribution in [3.63, 3.8) is 0 Å². The van der Waals surface area contributed by atoms with Crippen molar-refractivity contribution in [1.82, 2.24) is 10.3 Å². The first-order chi connectivity index (χ1) is 17.0. The number of carbonyl (C=O) groups is 2. The maximum Gasteiger partial charge on any atom is 0.413 e. The minimum atomic E-state index is -0.765. The van der Waals surface area contributed by atoms with E-state index in [1.54, 1.807) is 6.92 Å². The molecule has 0 bridgehead atoms. The summed E-state index contributed by atoms with van der Waals surface area (Å²) < 4.78 is 10.3. The molecular formula is C27H23N3O5. The number of carboxylic acids is 1. The van der Waals surface area contributed by atoms with Crippen molar-refractivity contribution >= 4 is 17.9 Å². The maximum atomic E-state index is 12.4. The van der Waals surface area contributed by atoms with Crippen molar-refractivity contribution in [2.45, 2.75) is 31.3 Å². The Morgan fingerprint density at radius 3 is 2.11 bits per heavy atom. The summed E-state index contributed by atoms with van der Waals surface area (Å²) in [6, 6.07) is 24.6. The minimum absolute atomic E-state index is 0.163. The number of hydrogen-bond acceptors (Lipinski definition) is 6. The molecule has 1 aliphatic rings. The van der Waals surface area contributed by atoms with E-state index in [9.17, 15) is 14.7 Å². The van der Waals surface area contributed by atoms with Gasteiger partial charge in [-0.2, -0.15) is 0 Å². The van der Waals surface area contributed by atoms with Crippen LogP contribution in [-0.4, -0.2) is 27.5 Å². The van der Waals surface area contributed by atoms with Crippen molar-refractivity contribution in [2.24, 2.45) is 0 Å². The van der Waals surface area contributed by atoms with Gasteiger partial charge in [0.05, 0.1) is 5.41 Å². The van der Waals surface area contributed by atoms with Crippen LogP contribution in [0.4, 0.5) is 10.6 Å². The molecule has 0 radical (unpaired) electrons. The number of nitrogens with one attached hydrogen (secondary N) is 1. The Kier molecular flexibility index (Phi) is 5.78. The van der Waals surface area contributed by atoms with Crippen LogP contribution in [0.1, 0.15) is 37.0 Å². The molecule has 176 valence electrons. The molecule has 1 aliphatic carbocycles. The van der Waals surface area contributed by atoms with Crippen molar-refractivity contribution in [3.05, 3.63) is 90.0 Å². The zero-order valence-electron chi connectivity index (χ0n) is 19.0. The number of benzene rings is 3. The SMILES string of the molecule is CC(OC(=O)Nc1nonc1-c1ccc(-c2ccc(C3(C(=O)O)CC3)cc2)cc1)c1ccccc1. The number of hydrogen-bond donors (Lipinski definition) is 2. The van der Waals surface area contributed by atoms with Crippen LogP contribution < -0.4 is 5.32 Å². The molecule has 8 heteroatoms. The Balaban J connectivity index is 1.27. The van der Waals surface area contributed by atoms with E-state index in [4.69, 9.17) is 9.37 Å². The summed E-state index contributed by atoms with van der Waals surface area (Å²) >= 11 is 0. The number of carboxylic acid groups (broad SMARTS) is 1. The van der Waals surface area contributed by atoms with Crippen LogP contribution in [0.2, 0.25) is 0 Å². The van der Waals surface area contributed by atoms with Crippen LogP contribution in [0.3, 0.4) is 0 Å². The molecule has 1 unspecified atom stereocenters. The number of anilines is 1. The van der Waals surface area contributed by atoms with Crippen LogP contribution >= 0.6 is 0 Å². The Hall–Kier alpha value is -4.46. The molecule has 1 fully saturated rings. The molecule has 2 N–H and O–H groups in total. The molecule has 1 aromatic heterocycles. The Morgan fingerprint density at radius 1 is 0.914 bits per heavy atom. The summed E-state index contributed by atoms with van der Waals surface area (Å²) in [5.74, 6) is -0.602. The molecule has 1 saturated carbocycles. The van der Waals surface area contributed by atoms with Crippen LogP contribution in [0, 0.1) is 0 Å². The van der Waals surface area contributed by atoms with Crippen molar-refractivity contribution in [2.75, 3.05) is 5.32 Å². The molecule has 1 amide bonds. The van der Waals surface area contributed by atoms with E-state index in [0.717, 1.165) is 22.3 Å². The number of aliphatic carboxylic acids is 1. The van der Waals surface area contributed by atoms with Gasteiger partial charge in [-0.3, -0.25) is 10.1 Å². The first-order valence-corrected chi connectivity index (χ1v) is 11.3. The van der Waals surface area contributed by atoms with Gasteiger partial charge in [-0.1, -0.05) is 78.9 Å². The van der Waals surface area contributed by atoms with E-state index in [1.807, 2.05) is 78.9 Å². The average molecular weight is 469 g/mol. The van der Waals surface area contributed by atoms with Gasteiger partial charge in [0.2, 0.25) is 5.82 Å². The van der Waals surface area contributed by atoms with E-state index in [1.165, 1.54) is 0 Å². The topological polar surface area (TPSA) is 115 Å². The third-order valence-corrected chi connectivity index (χ3v) is 6.35. The fourth-order valence-corrected chi connectivity index (χ4v) is 4.09. The highest BCUT2D eigenvalue weighted by atomic mass is 16.6. The number of carbonyl (C=O) groups excluding carboxylic acids is 1. The Labute approximate surface area is 201 Å². The molecule has 35 heavy (non-hydrogen) atoms. The predicted molar refractivity (Wildman–Crippen MR) is 129 cm³/mol. The number of amides is 1. The van der Waals surface area contributed by atoms with Crippen LogP contribution in [0.15, 0.2) is 83.5 Å². The lowest BCUT2D eigenvalue weighted by Crippen LogP contribution is -2.19. The summed E-state index contributed by atoms with van der Waals surface area (Å²) in [4.78, 5) is 23.9. The van der Waals surface area contributed by atoms with E-state index < -0.39 is 23.6 Å². The molecule has 1 atom stereocenters. The van der Waals surface area contributed by atoms with Crippen LogP contribution in [-0.2, 0) is 14.9 Å². The first kappa shape index (κ1) is 22.3.